The highest BCUT2D eigenvalue weighted by atomic mass is 15.3. The van der Waals surface area contributed by atoms with E-state index < -0.39 is 0 Å². The summed E-state index contributed by atoms with van der Waals surface area (Å²) in [4.78, 5) is 6.81. The van der Waals surface area contributed by atoms with Gasteiger partial charge < -0.3 is 5.32 Å². The summed E-state index contributed by atoms with van der Waals surface area (Å²) >= 11 is 0. The topological polar surface area (TPSA) is 28.2 Å². The fraction of sp³-hybridized carbons (Fsp3) is 0.688. The normalized spacial score (nSPS) is 23.7. The Kier molecular flexibility index (Phi) is 4.58. The van der Waals surface area contributed by atoms with Gasteiger partial charge in [0.25, 0.3) is 0 Å². The minimum absolute atomic E-state index is 0.212. The van der Waals surface area contributed by atoms with Crippen LogP contribution in [0.5, 0.6) is 0 Å². The van der Waals surface area contributed by atoms with Crippen molar-refractivity contribution in [3.63, 3.8) is 0 Å². The van der Waals surface area contributed by atoms with Gasteiger partial charge in [-0.2, -0.15) is 0 Å². The zero-order valence-electron chi connectivity index (χ0n) is 12.7. The third-order valence-corrected chi connectivity index (χ3v) is 3.97. The maximum absolute atomic E-state index is 4.22. The number of aromatic nitrogens is 1. The molecule has 0 radical (unpaired) electrons. The summed E-state index contributed by atoms with van der Waals surface area (Å²) in [5.74, 6) is 0.749. The van der Waals surface area contributed by atoms with Crippen molar-refractivity contribution in [1.82, 2.24) is 15.2 Å². The average Bonchev–Trinajstić information content (AvgIpc) is 2.34. The van der Waals surface area contributed by atoms with Crippen molar-refractivity contribution in [3.8, 4) is 0 Å². The van der Waals surface area contributed by atoms with E-state index >= 15 is 0 Å². The van der Waals surface area contributed by atoms with Crippen LogP contribution in [0, 0.1) is 5.92 Å². The minimum Gasteiger partial charge on any atom is -0.311 e. The van der Waals surface area contributed by atoms with Gasteiger partial charge in [-0.1, -0.05) is 19.9 Å². The van der Waals surface area contributed by atoms with Gasteiger partial charge in [0.05, 0.1) is 0 Å². The van der Waals surface area contributed by atoms with Gasteiger partial charge in [-0.15, -0.1) is 0 Å². The van der Waals surface area contributed by atoms with Crippen LogP contribution < -0.4 is 5.32 Å². The lowest BCUT2D eigenvalue weighted by atomic mass is 9.93. The van der Waals surface area contributed by atoms with Crippen molar-refractivity contribution in [2.75, 3.05) is 13.1 Å². The Bertz CT molecular complexity index is 386. The molecule has 1 unspecified atom stereocenters. The molecule has 1 aromatic rings. The molecule has 0 amide bonds. The molecular formula is C16H27N3. The van der Waals surface area contributed by atoms with Crippen molar-refractivity contribution in [3.05, 3.63) is 30.1 Å². The first-order valence-corrected chi connectivity index (χ1v) is 7.35. The number of piperazine rings is 1. The van der Waals surface area contributed by atoms with E-state index in [1.807, 2.05) is 18.5 Å². The fourth-order valence-corrected chi connectivity index (χ4v) is 2.80. The van der Waals surface area contributed by atoms with Crippen molar-refractivity contribution < 1.29 is 0 Å². The number of nitrogens with zero attached hydrogens (tertiary/aromatic N) is 2. The van der Waals surface area contributed by atoms with Crippen LogP contribution >= 0.6 is 0 Å². The Morgan fingerprint density at radius 3 is 2.89 bits per heavy atom. The number of pyridine rings is 1. The molecule has 1 aromatic heterocycles. The first kappa shape index (κ1) is 14.5. The largest absolute Gasteiger partial charge is 0.311 e. The number of nitrogens with one attached hydrogen (secondary N) is 1. The van der Waals surface area contributed by atoms with E-state index in [-0.39, 0.29) is 5.54 Å². The quantitative estimate of drug-likeness (QED) is 0.903. The molecule has 0 aromatic carbocycles. The Morgan fingerprint density at radius 2 is 2.26 bits per heavy atom. The van der Waals surface area contributed by atoms with E-state index in [9.17, 15) is 0 Å². The molecule has 1 aliphatic rings. The third-order valence-electron chi connectivity index (χ3n) is 3.97. The molecule has 1 saturated heterocycles. The van der Waals surface area contributed by atoms with Gasteiger partial charge in [-0.3, -0.25) is 9.88 Å². The van der Waals surface area contributed by atoms with Crippen LogP contribution in [0.15, 0.2) is 24.5 Å². The standard InChI is InChI=1S/C16H27N3/c1-13(2)8-15-11-19(16(3,4)12-18-15)10-14-6-5-7-17-9-14/h5-7,9,13,15,18H,8,10-12H2,1-4H3. The van der Waals surface area contributed by atoms with E-state index in [2.05, 4.69) is 49.0 Å². The second-order valence-corrected chi connectivity index (χ2v) is 6.76. The molecule has 3 nitrogen and oxygen atoms in total. The molecule has 0 spiro atoms. The van der Waals surface area contributed by atoms with Gasteiger partial charge in [0, 0.05) is 43.6 Å². The van der Waals surface area contributed by atoms with E-state index in [1.54, 1.807) is 0 Å². The number of rotatable bonds is 4. The van der Waals surface area contributed by atoms with Gasteiger partial charge in [0.15, 0.2) is 0 Å². The van der Waals surface area contributed by atoms with E-state index in [4.69, 9.17) is 0 Å². The van der Waals surface area contributed by atoms with Crippen LogP contribution in [0.25, 0.3) is 0 Å². The van der Waals surface area contributed by atoms with Crippen molar-refractivity contribution in [1.29, 1.82) is 0 Å². The van der Waals surface area contributed by atoms with Crippen LogP contribution in [0.2, 0.25) is 0 Å². The maximum atomic E-state index is 4.22. The molecule has 1 N–H and O–H groups in total. The summed E-state index contributed by atoms with van der Waals surface area (Å²) in [5, 5.41) is 3.70. The van der Waals surface area contributed by atoms with Gasteiger partial charge in [-0.05, 0) is 37.8 Å². The minimum atomic E-state index is 0.212. The van der Waals surface area contributed by atoms with Crippen molar-refractivity contribution >= 4 is 0 Å². The second kappa shape index (κ2) is 6.02. The lowest BCUT2D eigenvalue weighted by molar-refractivity contribution is 0.0535. The monoisotopic (exact) mass is 261 g/mol. The van der Waals surface area contributed by atoms with E-state index in [0.29, 0.717) is 6.04 Å². The van der Waals surface area contributed by atoms with E-state index in [1.165, 1.54) is 12.0 Å². The summed E-state index contributed by atoms with van der Waals surface area (Å²) in [6.45, 7) is 12.4. The maximum Gasteiger partial charge on any atom is 0.0312 e. The summed E-state index contributed by atoms with van der Waals surface area (Å²) in [6.07, 6.45) is 5.07. The molecule has 0 aliphatic carbocycles. The third kappa shape index (κ3) is 4.02. The molecule has 1 aliphatic heterocycles. The van der Waals surface area contributed by atoms with Crippen LogP contribution in [-0.2, 0) is 6.54 Å². The molecule has 3 heteroatoms. The number of hydrogen-bond acceptors (Lipinski definition) is 3. The summed E-state index contributed by atoms with van der Waals surface area (Å²) < 4.78 is 0. The lowest BCUT2D eigenvalue weighted by Crippen LogP contribution is -2.61. The van der Waals surface area contributed by atoms with Gasteiger partial charge in [0.2, 0.25) is 0 Å². The first-order chi connectivity index (χ1) is 8.97. The van der Waals surface area contributed by atoms with Crippen molar-refractivity contribution in [2.24, 2.45) is 5.92 Å². The molecule has 1 fully saturated rings. The molecule has 1 atom stereocenters. The Morgan fingerprint density at radius 1 is 1.47 bits per heavy atom. The summed E-state index contributed by atoms with van der Waals surface area (Å²) in [6, 6.07) is 4.81. The van der Waals surface area contributed by atoms with Crippen molar-refractivity contribution in [2.45, 2.75) is 52.2 Å². The Labute approximate surface area is 117 Å². The zero-order valence-corrected chi connectivity index (χ0v) is 12.7. The predicted octanol–water partition coefficient (Wildman–Crippen LogP) is 2.68. The second-order valence-electron chi connectivity index (χ2n) is 6.76. The fourth-order valence-electron chi connectivity index (χ4n) is 2.80. The van der Waals surface area contributed by atoms with Gasteiger partial charge in [0.1, 0.15) is 0 Å². The highest BCUT2D eigenvalue weighted by Gasteiger charge is 2.33. The van der Waals surface area contributed by atoms with Crippen LogP contribution in [0.3, 0.4) is 0 Å². The lowest BCUT2D eigenvalue weighted by Gasteiger charge is -2.46. The molecule has 0 bridgehead atoms. The van der Waals surface area contributed by atoms with Crippen LogP contribution in [-0.4, -0.2) is 34.6 Å². The van der Waals surface area contributed by atoms with E-state index in [0.717, 1.165) is 25.6 Å². The van der Waals surface area contributed by atoms with Crippen LogP contribution in [0.4, 0.5) is 0 Å². The Hall–Kier alpha value is -0.930. The summed E-state index contributed by atoms with van der Waals surface area (Å²) in [7, 11) is 0. The molecule has 19 heavy (non-hydrogen) atoms. The average molecular weight is 261 g/mol. The molecule has 106 valence electrons. The molecule has 0 saturated carbocycles. The predicted molar refractivity (Wildman–Crippen MR) is 80.0 cm³/mol. The number of hydrogen-bond donors (Lipinski definition) is 1. The van der Waals surface area contributed by atoms with Crippen LogP contribution in [0.1, 0.15) is 39.7 Å². The summed E-state index contributed by atoms with van der Waals surface area (Å²) in [5.41, 5.74) is 1.52. The SMILES string of the molecule is CC(C)CC1CN(Cc2cccnc2)C(C)(C)CN1. The zero-order chi connectivity index (χ0) is 13.9. The molecular weight excluding hydrogens is 234 g/mol. The first-order valence-electron chi connectivity index (χ1n) is 7.35. The highest BCUT2D eigenvalue weighted by molar-refractivity contribution is 5.10. The molecule has 2 rings (SSSR count). The molecule has 2 heterocycles. The van der Waals surface area contributed by atoms with Gasteiger partial charge in [-0.25, -0.2) is 0 Å². The highest BCUT2D eigenvalue weighted by Crippen LogP contribution is 2.23. The smallest absolute Gasteiger partial charge is 0.0312 e. The van der Waals surface area contributed by atoms with Gasteiger partial charge >= 0.3 is 0 Å². The Balaban J connectivity index is 2.02.